The molecule has 0 aliphatic carbocycles. The smallest absolute Gasteiger partial charge is 0.380 e. The molecule has 3 aromatic carbocycles. The molecule has 6 rings (SSSR count). The molecule has 8 heteroatoms. The third-order valence-electron chi connectivity index (χ3n) is 6.43. The highest BCUT2D eigenvalue weighted by Gasteiger charge is 2.34. The molecule has 0 radical (unpaired) electrons. The lowest BCUT2D eigenvalue weighted by atomic mass is 10.0. The standard InChI is InChI=1S/C26H23F3N4S/c27-26(28,29)17-13-22(31-18-7-9-30-10-8-18)25-24(14-17)34-23-12-16(5-6-20(23)33-25)21-11-15-3-1-2-4-19(15)32-21/h1-6,11-14,18,30-33H,7-10H2. The Balaban J connectivity index is 1.37. The maximum atomic E-state index is 13.7. The van der Waals surface area contributed by atoms with Gasteiger partial charge in [-0.3, -0.25) is 0 Å². The number of hydrogen-bond acceptors (Lipinski definition) is 4. The van der Waals surface area contributed by atoms with Crippen molar-refractivity contribution >= 4 is 39.7 Å². The average Bonchev–Trinajstić information content (AvgIpc) is 3.27. The maximum Gasteiger partial charge on any atom is 0.416 e. The summed E-state index contributed by atoms with van der Waals surface area (Å²) in [5.74, 6) is 0. The maximum absolute atomic E-state index is 13.7. The summed E-state index contributed by atoms with van der Waals surface area (Å²) in [6.07, 6.45) is -2.65. The summed E-state index contributed by atoms with van der Waals surface area (Å²) in [6.45, 7) is 1.72. The van der Waals surface area contributed by atoms with Crippen LogP contribution in [-0.2, 0) is 6.18 Å². The van der Waals surface area contributed by atoms with E-state index in [1.807, 2.05) is 36.4 Å². The predicted octanol–water partition coefficient (Wildman–Crippen LogP) is 7.23. The highest BCUT2D eigenvalue weighted by atomic mass is 32.2. The highest BCUT2D eigenvalue weighted by Crippen LogP contribution is 2.50. The molecule has 1 aromatic heterocycles. The van der Waals surface area contributed by atoms with Gasteiger partial charge in [-0.05, 0) is 67.9 Å². The molecular formula is C26H23F3N4S. The van der Waals surface area contributed by atoms with Gasteiger partial charge in [-0.15, -0.1) is 0 Å². The van der Waals surface area contributed by atoms with Gasteiger partial charge in [0, 0.05) is 32.4 Å². The number of benzene rings is 3. The van der Waals surface area contributed by atoms with Gasteiger partial charge in [0.1, 0.15) is 0 Å². The van der Waals surface area contributed by atoms with Crippen LogP contribution in [0, 0.1) is 0 Å². The molecule has 1 fully saturated rings. The zero-order valence-corrected chi connectivity index (χ0v) is 19.0. The number of rotatable bonds is 3. The Morgan fingerprint density at radius 1 is 0.912 bits per heavy atom. The van der Waals surface area contributed by atoms with Gasteiger partial charge in [0.05, 0.1) is 22.6 Å². The molecule has 0 amide bonds. The van der Waals surface area contributed by atoms with E-state index in [9.17, 15) is 13.2 Å². The fourth-order valence-corrected chi connectivity index (χ4v) is 5.75. The predicted molar refractivity (Wildman–Crippen MR) is 132 cm³/mol. The lowest BCUT2D eigenvalue weighted by Gasteiger charge is -2.29. The van der Waals surface area contributed by atoms with E-state index in [2.05, 4.69) is 33.1 Å². The third kappa shape index (κ3) is 4.01. The number of nitrogens with one attached hydrogen (secondary N) is 4. The fraction of sp³-hybridized carbons (Fsp3) is 0.231. The van der Waals surface area contributed by atoms with Crippen LogP contribution in [0.1, 0.15) is 18.4 Å². The summed E-state index contributed by atoms with van der Waals surface area (Å²) in [4.78, 5) is 4.90. The number of H-pyrrole nitrogens is 1. The zero-order valence-electron chi connectivity index (χ0n) is 18.2. The fourth-order valence-electron chi connectivity index (χ4n) is 4.65. The number of piperidine rings is 1. The van der Waals surface area contributed by atoms with Crippen LogP contribution >= 0.6 is 11.8 Å². The first-order chi connectivity index (χ1) is 16.4. The quantitative estimate of drug-likeness (QED) is 0.220. The van der Waals surface area contributed by atoms with Crippen LogP contribution in [-0.4, -0.2) is 24.1 Å². The summed E-state index contributed by atoms with van der Waals surface area (Å²) in [5, 5.41) is 11.2. The van der Waals surface area contributed by atoms with Crippen LogP contribution in [0.5, 0.6) is 0 Å². The van der Waals surface area contributed by atoms with Crippen molar-refractivity contribution < 1.29 is 13.2 Å². The lowest BCUT2D eigenvalue weighted by Crippen LogP contribution is -2.35. The zero-order chi connectivity index (χ0) is 23.3. The van der Waals surface area contributed by atoms with Crippen molar-refractivity contribution in [1.82, 2.24) is 10.3 Å². The molecular weight excluding hydrogens is 457 g/mol. The van der Waals surface area contributed by atoms with E-state index in [1.54, 1.807) is 0 Å². The molecule has 0 spiro atoms. The number of aromatic nitrogens is 1. The molecule has 2 aliphatic rings. The van der Waals surface area contributed by atoms with E-state index < -0.39 is 11.7 Å². The molecule has 0 unspecified atom stereocenters. The Morgan fingerprint density at radius 2 is 1.74 bits per heavy atom. The molecule has 174 valence electrons. The van der Waals surface area contributed by atoms with Crippen LogP contribution in [0.15, 0.2) is 70.5 Å². The topological polar surface area (TPSA) is 51.9 Å². The van der Waals surface area contributed by atoms with Gasteiger partial charge in [0.25, 0.3) is 0 Å². The Kier molecular flexibility index (Phi) is 5.22. The molecule has 0 atom stereocenters. The number of halogens is 3. The monoisotopic (exact) mass is 480 g/mol. The van der Waals surface area contributed by atoms with Crippen molar-refractivity contribution in [3.63, 3.8) is 0 Å². The number of aromatic amines is 1. The van der Waals surface area contributed by atoms with Crippen molar-refractivity contribution in [2.24, 2.45) is 0 Å². The number of alkyl halides is 3. The largest absolute Gasteiger partial charge is 0.416 e. The number of hydrogen-bond donors (Lipinski definition) is 4. The van der Waals surface area contributed by atoms with Gasteiger partial charge < -0.3 is 20.9 Å². The molecule has 0 bridgehead atoms. The normalized spacial score (nSPS) is 16.1. The van der Waals surface area contributed by atoms with E-state index >= 15 is 0 Å². The van der Waals surface area contributed by atoms with Gasteiger partial charge >= 0.3 is 6.18 Å². The van der Waals surface area contributed by atoms with Crippen molar-refractivity contribution in [1.29, 1.82) is 0 Å². The first kappa shape index (κ1) is 21.4. The Labute approximate surface area is 199 Å². The van der Waals surface area contributed by atoms with Gasteiger partial charge in [-0.25, -0.2) is 0 Å². The van der Waals surface area contributed by atoms with Crippen LogP contribution in [0.4, 0.5) is 30.2 Å². The first-order valence-electron chi connectivity index (χ1n) is 11.3. The third-order valence-corrected chi connectivity index (χ3v) is 7.53. The molecule has 1 saturated heterocycles. The van der Waals surface area contributed by atoms with Crippen LogP contribution in [0.2, 0.25) is 0 Å². The summed E-state index contributed by atoms with van der Waals surface area (Å²) in [6, 6.07) is 18.8. The molecule has 34 heavy (non-hydrogen) atoms. The summed E-state index contributed by atoms with van der Waals surface area (Å²) in [7, 11) is 0. The molecule has 4 aromatic rings. The van der Waals surface area contributed by atoms with Crippen molar-refractivity contribution in [2.75, 3.05) is 23.7 Å². The second-order valence-corrected chi connectivity index (χ2v) is 9.86. The van der Waals surface area contributed by atoms with Crippen molar-refractivity contribution in [2.45, 2.75) is 34.9 Å². The van der Waals surface area contributed by atoms with Crippen molar-refractivity contribution in [3.8, 4) is 11.3 Å². The molecule has 4 N–H and O–H groups in total. The molecule has 0 saturated carbocycles. The molecule has 3 heterocycles. The minimum atomic E-state index is -4.41. The summed E-state index contributed by atoms with van der Waals surface area (Å²) < 4.78 is 41.2. The van der Waals surface area contributed by atoms with E-state index in [0.29, 0.717) is 16.3 Å². The number of para-hydroxylation sites is 1. The second kappa shape index (κ2) is 8.29. The summed E-state index contributed by atoms with van der Waals surface area (Å²) >= 11 is 1.38. The van der Waals surface area contributed by atoms with Crippen LogP contribution in [0.3, 0.4) is 0 Å². The first-order valence-corrected chi connectivity index (χ1v) is 12.2. The van der Waals surface area contributed by atoms with Crippen LogP contribution < -0.4 is 16.0 Å². The Morgan fingerprint density at radius 3 is 2.53 bits per heavy atom. The number of anilines is 3. The van der Waals surface area contributed by atoms with Crippen molar-refractivity contribution in [3.05, 3.63) is 66.2 Å². The minimum absolute atomic E-state index is 0.145. The number of fused-ring (bicyclic) bond motifs is 3. The van der Waals surface area contributed by atoms with Crippen LogP contribution in [0.25, 0.3) is 22.2 Å². The van der Waals surface area contributed by atoms with E-state index in [4.69, 9.17) is 0 Å². The van der Waals surface area contributed by atoms with Gasteiger partial charge in [0.15, 0.2) is 0 Å². The van der Waals surface area contributed by atoms with Gasteiger partial charge in [0.2, 0.25) is 0 Å². The highest BCUT2D eigenvalue weighted by molar-refractivity contribution is 7.99. The second-order valence-electron chi connectivity index (χ2n) is 8.77. The molecule has 4 nitrogen and oxygen atoms in total. The molecule has 2 aliphatic heterocycles. The summed E-state index contributed by atoms with van der Waals surface area (Å²) in [5.41, 5.74) is 4.50. The van der Waals surface area contributed by atoms with E-state index in [-0.39, 0.29) is 6.04 Å². The Hall–Kier alpha value is -3.10. The average molecular weight is 481 g/mol. The van der Waals surface area contributed by atoms with Gasteiger partial charge in [-0.1, -0.05) is 36.0 Å². The van der Waals surface area contributed by atoms with E-state index in [1.165, 1.54) is 23.9 Å². The minimum Gasteiger partial charge on any atom is -0.380 e. The lowest BCUT2D eigenvalue weighted by molar-refractivity contribution is -0.137. The SMILES string of the molecule is FC(F)(F)c1cc(NC2CCNCC2)c2c(c1)Sc1cc(-c3cc4ccccc4[nH]3)ccc1N2. The van der Waals surface area contributed by atoms with E-state index in [0.717, 1.165) is 58.7 Å². The van der Waals surface area contributed by atoms with Gasteiger partial charge in [-0.2, -0.15) is 13.2 Å². The Bertz CT molecular complexity index is 1340.